The van der Waals surface area contributed by atoms with Crippen molar-refractivity contribution in [2.24, 2.45) is 0 Å². The van der Waals surface area contributed by atoms with Crippen molar-refractivity contribution < 1.29 is 14.4 Å². The molecule has 8 heteroatoms. The van der Waals surface area contributed by atoms with Crippen LogP contribution in [0.15, 0.2) is 66.7 Å². The number of nitro groups is 1. The summed E-state index contributed by atoms with van der Waals surface area (Å²) in [5.41, 5.74) is 2.98. The number of nitrogens with zero attached hydrogens (tertiary/aromatic N) is 2. The van der Waals surface area contributed by atoms with E-state index in [0.717, 1.165) is 11.1 Å². The Morgan fingerprint density at radius 3 is 2.61 bits per heavy atom. The van der Waals surface area contributed by atoms with Gasteiger partial charge >= 0.3 is 0 Å². The molecule has 0 fully saturated rings. The van der Waals surface area contributed by atoms with Gasteiger partial charge in [-0.15, -0.1) is 0 Å². The van der Waals surface area contributed by atoms with Crippen LogP contribution in [-0.2, 0) is 6.61 Å². The Morgan fingerprint density at radius 2 is 1.85 bits per heavy atom. The van der Waals surface area contributed by atoms with E-state index in [-0.39, 0.29) is 12.3 Å². The minimum absolute atomic E-state index is 0.0377. The Labute approximate surface area is 200 Å². The summed E-state index contributed by atoms with van der Waals surface area (Å²) in [7, 11) is 1.57. The molecule has 4 rings (SSSR count). The molecule has 0 aliphatic rings. The van der Waals surface area contributed by atoms with Gasteiger partial charge in [0, 0.05) is 21.7 Å². The summed E-state index contributed by atoms with van der Waals surface area (Å²) >= 11 is 12.1. The zero-order valence-electron chi connectivity index (χ0n) is 17.5. The van der Waals surface area contributed by atoms with Crippen molar-refractivity contribution in [3.8, 4) is 11.5 Å². The van der Waals surface area contributed by atoms with Gasteiger partial charge in [-0.1, -0.05) is 47.5 Å². The Morgan fingerprint density at radius 1 is 1.00 bits per heavy atom. The van der Waals surface area contributed by atoms with Gasteiger partial charge in [0.05, 0.1) is 28.6 Å². The van der Waals surface area contributed by atoms with Crippen LogP contribution in [0.1, 0.15) is 16.8 Å². The second kappa shape index (κ2) is 9.90. The Hall–Kier alpha value is -3.61. The molecule has 0 amide bonds. The second-order valence-electron chi connectivity index (χ2n) is 7.11. The Kier molecular flexibility index (Phi) is 6.77. The summed E-state index contributed by atoms with van der Waals surface area (Å²) in [6, 6.07) is 19.1. The summed E-state index contributed by atoms with van der Waals surface area (Å²) in [6.07, 6.45) is 3.72. The minimum atomic E-state index is -0.406. The second-order valence-corrected chi connectivity index (χ2v) is 7.95. The third-order valence-corrected chi connectivity index (χ3v) is 5.55. The van der Waals surface area contributed by atoms with E-state index in [1.165, 1.54) is 6.07 Å². The third-order valence-electron chi connectivity index (χ3n) is 4.96. The van der Waals surface area contributed by atoms with E-state index in [2.05, 4.69) is 4.98 Å². The molecule has 0 radical (unpaired) electrons. The number of benzene rings is 3. The van der Waals surface area contributed by atoms with Crippen molar-refractivity contribution in [2.45, 2.75) is 6.61 Å². The Balaban J connectivity index is 1.52. The van der Waals surface area contributed by atoms with Gasteiger partial charge in [-0.3, -0.25) is 10.1 Å². The number of ether oxygens (including phenoxy) is 2. The average molecular weight is 481 g/mol. The molecule has 6 nitrogen and oxygen atoms in total. The molecule has 0 aliphatic heterocycles. The third kappa shape index (κ3) is 5.25. The normalized spacial score (nSPS) is 11.1. The van der Waals surface area contributed by atoms with E-state index in [9.17, 15) is 10.1 Å². The van der Waals surface area contributed by atoms with Crippen molar-refractivity contribution >= 4 is 51.9 Å². The lowest BCUT2D eigenvalue weighted by Crippen LogP contribution is -1.98. The molecule has 1 aromatic heterocycles. The van der Waals surface area contributed by atoms with Crippen LogP contribution in [0.2, 0.25) is 10.0 Å². The highest BCUT2D eigenvalue weighted by molar-refractivity contribution is 6.35. The van der Waals surface area contributed by atoms with Gasteiger partial charge < -0.3 is 9.47 Å². The number of methoxy groups -OCH3 is 1. The lowest BCUT2D eigenvalue weighted by molar-refractivity contribution is -0.383. The molecule has 0 bridgehead atoms. The predicted molar refractivity (Wildman–Crippen MR) is 131 cm³/mol. The van der Waals surface area contributed by atoms with Gasteiger partial charge in [0.25, 0.3) is 5.69 Å². The first-order valence-electron chi connectivity index (χ1n) is 9.91. The van der Waals surface area contributed by atoms with Gasteiger partial charge in [-0.25, -0.2) is 4.98 Å². The van der Waals surface area contributed by atoms with Gasteiger partial charge in [0.15, 0.2) is 11.5 Å². The highest BCUT2D eigenvalue weighted by Crippen LogP contribution is 2.31. The molecular formula is C25H18Cl2N2O4. The molecule has 0 saturated heterocycles. The van der Waals surface area contributed by atoms with Crippen LogP contribution in [-0.4, -0.2) is 17.0 Å². The van der Waals surface area contributed by atoms with Crippen LogP contribution >= 0.6 is 23.2 Å². The van der Waals surface area contributed by atoms with E-state index in [4.69, 9.17) is 32.7 Å². The smallest absolute Gasteiger partial charge is 0.278 e. The van der Waals surface area contributed by atoms with E-state index >= 15 is 0 Å². The van der Waals surface area contributed by atoms with Crippen molar-refractivity contribution in [1.82, 2.24) is 4.98 Å². The zero-order valence-corrected chi connectivity index (χ0v) is 19.0. The van der Waals surface area contributed by atoms with Crippen LogP contribution < -0.4 is 9.47 Å². The van der Waals surface area contributed by atoms with Crippen LogP contribution in [0.3, 0.4) is 0 Å². The molecule has 3 aromatic carbocycles. The molecule has 166 valence electrons. The fourth-order valence-electron chi connectivity index (χ4n) is 3.29. The number of fused-ring (bicyclic) bond motifs is 1. The van der Waals surface area contributed by atoms with Gasteiger partial charge in [0.2, 0.25) is 0 Å². The van der Waals surface area contributed by atoms with Gasteiger partial charge in [-0.2, -0.15) is 0 Å². The highest BCUT2D eigenvalue weighted by Gasteiger charge is 2.12. The summed E-state index contributed by atoms with van der Waals surface area (Å²) in [4.78, 5) is 15.3. The SMILES string of the molecule is COc1cc(C=Cc2ccc3c([N+](=O)[O-])cccc3n2)ccc1OCc1ccc(Cl)cc1Cl. The van der Waals surface area contributed by atoms with Crippen LogP contribution in [0.4, 0.5) is 5.69 Å². The number of non-ortho nitro benzene ring substituents is 1. The fraction of sp³-hybridized carbons (Fsp3) is 0.0800. The molecule has 4 aromatic rings. The van der Waals surface area contributed by atoms with Crippen molar-refractivity contribution in [1.29, 1.82) is 0 Å². The lowest BCUT2D eigenvalue weighted by atomic mass is 10.1. The minimum Gasteiger partial charge on any atom is -0.493 e. The van der Waals surface area contributed by atoms with Crippen LogP contribution in [0.25, 0.3) is 23.1 Å². The lowest BCUT2D eigenvalue weighted by Gasteiger charge is -2.12. The number of hydrogen-bond acceptors (Lipinski definition) is 5. The topological polar surface area (TPSA) is 74.5 Å². The average Bonchev–Trinajstić information content (AvgIpc) is 2.81. The van der Waals surface area contributed by atoms with E-state index in [1.807, 2.05) is 36.4 Å². The van der Waals surface area contributed by atoms with Crippen molar-refractivity contribution in [3.05, 3.63) is 104 Å². The number of rotatable bonds is 7. The maximum atomic E-state index is 11.2. The van der Waals surface area contributed by atoms with E-state index in [0.29, 0.717) is 38.1 Å². The summed E-state index contributed by atoms with van der Waals surface area (Å²) in [6.45, 7) is 0.273. The molecule has 0 spiro atoms. The summed E-state index contributed by atoms with van der Waals surface area (Å²) in [5, 5.41) is 12.8. The number of aromatic nitrogens is 1. The quantitative estimate of drug-likeness (QED) is 0.206. The van der Waals surface area contributed by atoms with Crippen molar-refractivity contribution in [2.75, 3.05) is 7.11 Å². The maximum Gasteiger partial charge on any atom is 0.278 e. The number of pyridine rings is 1. The molecule has 0 N–H and O–H groups in total. The largest absolute Gasteiger partial charge is 0.493 e. The molecule has 0 unspecified atom stereocenters. The van der Waals surface area contributed by atoms with Crippen molar-refractivity contribution in [3.63, 3.8) is 0 Å². The number of nitro benzene ring substituents is 1. The molecule has 1 heterocycles. The zero-order chi connectivity index (χ0) is 23.4. The predicted octanol–water partition coefficient (Wildman–Crippen LogP) is 7.21. The molecule has 0 aliphatic carbocycles. The number of halogens is 2. The molecule has 0 saturated carbocycles. The standard InChI is InChI=1S/C25H18Cl2N2O4/c1-32-25-13-16(6-12-24(25)33-15-17-7-8-18(26)14-21(17)27)5-9-19-10-11-20-22(28-19)3-2-4-23(20)29(30)31/h2-14H,15H2,1H3. The highest BCUT2D eigenvalue weighted by atomic mass is 35.5. The van der Waals surface area contributed by atoms with E-state index in [1.54, 1.807) is 43.5 Å². The first-order valence-corrected chi connectivity index (χ1v) is 10.7. The van der Waals surface area contributed by atoms with Gasteiger partial charge in [-0.05, 0) is 54.1 Å². The molecule has 33 heavy (non-hydrogen) atoms. The first-order chi connectivity index (χ1) is 15.9. The number of hydrogen-bond donors (Lipinski definition) is 0. The molecular weight excluding hydrogens is 463 g/mol. The maximum absolute atomic E-state index is 11.2. The monoisotopic (exact) mass is 480 g/mol. The van der Waals surface area contributed by atoms with E-state index < -0.39 is 4.92 Å². The fourth-order valence-corrected chi connectivity index (χ4v) is 3.75. The summed E-state index contributed by atoms with van der Waals surface area (Å²) < 4.78 is 11.4. The molecule has 0 atom stereocenters. The Bertz CT molecular complexity index is 1370. The first kappa shape index (κ1) is 22.6. The van der Waals surface area contributed by atoms with Crippen LogP contribution in [0, 0.1) is 10.1 Å². The van der Waals surface area contributed by atoms with Crippen LogP contribution in [0.5, 0.6) is 11.5 Å². The van der Waals surface area contributed by atoms with Gasteiger partial charge in [0.1, 0.15) is 6.61 Å². The summed E-state index contributed by atoms with van der Waals surface area (Å²) in [5.74, 6) is 1.15.